The third-order valence-corrected chi connectivity index (χ3v) is 7.43. The fraction of sp³-hybridized carbons (Fsp3) is 0.387. The molecule has 1 heterocycles. The monoisotopic (exact) mass is 438 g/mol. The topological polar surface area (TPSA) is 17.8 Å². The molecule has 0 aliphatic heterocycles. The molecule has 4 rings (SSSR count). The Hall–Kier alpha value is -2.87. The molecule has 0 radical (unpaired) electrons. The van der Waals surface area contributed by atoms with Crippen LogP contribution in [0.1, 0.15) is 83.9 Å². The van der Waals surface area contributed by atoms with Gasteiger partial charge in [-0.05, 0) is 52.0 Å². The molecule has 3 aromatic carbocycles. The van der Waals surface area contributed by atoms with Crippen LogP contribution in [0, 0.1) is 5.92 Å². The van der Waals surface area contributed by atoms with Gasteiger partial charge in [-0.1, -0.05) is 110 Å². The number of imidazole rings is 1. The van der Waals surface area contributed by atoms with Crippen molar-refractivity contribution in [3.05, 3.63) is 83.4 Å². The van der Waals surface area contributed by atoms with E-state index >= 15 is 0 Å². The van der Waals surface area contributed by atoms with Gasteiger partial charge in [0.1, 0.15) is 5.82 Å². The molecule has 172 valence electrons. The lowest BCUT2D eigenvalue weighted by Gasteiger charge is -2.32. The molecule has 0 aliphatic rings. The van der Waals surface area contributed by atoms with Crippen LogP contribution in [0.5, 0.6) is 0 Å². The summed E-state index contributed by atoms with van der Waals surface area (Å²) in [4.78, 5) is 5.26. The second-order valence-electron chi connectivity index (χ2n) is 10.8. The molecule has 0 spiro atoms. The largest absolute Gasteiger partial charge is 0.292 e. The molecule has 0 saturated heterocycles. The second-order valence-corrected chi connectivity index (χ2v) is 10.8. The Balaban J connectivity index is 2.15. The molecule has 0 amide bonds. The first-order valence-corrected chi connectivity index (χ1v) is 12.3. The third-order valence-electron chi connectivity index (χ3n) is 7.43. The van der Waals surface area contributed by atoms with E-state index in [0.29, 0.717) is 17.8 Å². The molecule has 0 saturated carbocycles. The molecule has 4 aromatic rings. The minimum absolute atomic E-state index is 0.0258. The summed E-state index contributed by atoms with van der Waals surface area (Å²) in [6, 6.07) is 24.2. The number of aromatic nitrogens is 2. The lowest BCUT2D eigenvalue weighted by Crippen LogP contribution is -2.25. The maximum absolute atomic E-state index is 5.26. The van der Waals surface area contributed by atoms with Crippen LogP contribution in [0.4, 0.5) is 0 Å². The van der Waals surface area contributed by atoms with Crippen LogP contribution < -0.4 is 0 Å². The summed E-state index contributed by atoms with van der Waals surface area (Å²) < 4.78 is 2.44. The highest BCUT2D eigenvalue weighted by Crippen LogP contribution is 2.41. The molecule has 33 heavy (non-hydrogen) atoms. The number of nitrogens with zero attached hydrogens (tertiary/aromatic N) is 2. The highest BCUT2D eigenvalue weighted by Gasteiger charge is 2.30. The van der Waals surface area contributed by atoms with Gasteiger partial charge in [0, 0.05) is 5.56 Å². The first-order valence-electron chi connectivity index (χ1n) is 12.3. The van der Waals surface area contributed by atoms with Gasteiger partial charge in [-0.3, -0.25) is 4.57 Å². The van der Waals surface area contributed by atoms with E-state index in [1.807, 2.05) is 0 Å². The van der Waals surface area contributed by atoms with Crippen molar-refractivity contribution >= 4 is 11.0 Å². The van der Waals surface area contributed by atoms with Gasteiger partial charge in [-0.25, -0.2) is 4.98 Å². The molecular weight excluding hydrogens is 400 g/mol. The van der Waals surface area contributed by atoms with Crippen molar-refractivity contribution in [2.24, 2.45) is 5.92 Å². The normalized spacial score (nSPS) is 12.5. The summed E-state index contributed by atoms with van der Waals surface area (Å²) >= 11 is 0. The Labute approximate surface area is 199 Å². The van der Waals surface area contributed by atoms with Gasteiger partial charge >= 0.3 is 0 Å². The molecule has 2 nitrogen and oxygen atoms in total. The highest BCUT2D eigenvalue weighted by molar-refractivity contribution is 5.85. The van der Waals surface area contributed by atoms with Gasteiger partial charge in [0.05, 0.1) is 16.7 Å². The summed E-state index contributed by atoms with van der Waals surface area (Å²) in [5.41, 5.74) is 8.83. The van der Waals surface area contributed by atoms with E-state index < -0.39 is 0 Å². The highest BCUT2D eigenvalue weighted by atomic mass is 15.1. The summed E-state index contributed by atoms with van der Waals surface area (Å²) in [5.74, 6) is 2.37. The van der Waals surface area contributed by atoms with Crippen molar-refractivity contribution in [3.63, 3.8) is 0 Å². The van der Waals surface area contributed by atoms with E-state index in [9.17, 15) is 0 Å². The maximum Gasteiger partial charge on any atom is 0.146 e. The number of benzene rings is 3. The molecule has 1 aromatic heterocycles. The molecule has 0 bridgehead atoms. The van der Waals surface area contributed by atoms with Gasteiger partial charge in [-0.2, -0.15) is 0 Å². The number of rotatable bonds is 6. The van der Waals surface area contributed by atoms with Gasteiger partial charge in [-0.15, -0.1) is 0 Å². The van der Waals surface area contributed by atoms with Crippen LogP contribution in [-0.2, 0) is 5.41 Å². The number of fused-ring (bicyclic) bond motifs is 1. The summed E-state index contributed by atoms with van der Waals surface area (Å²) in [6.07, 6.45) is 0. The number of hydrogen-bond donors (Lipinski definition) is 0. The van der Waals surface area contributed by atoms with Crippen LogP contribution in [0.2, 0.25) is 0 Å². The Morgan fingerprint density at radius 2 is 1.27 bits per heavy atom. The van der Waals surface area contributed by atoms with Crippen LogP contribution in [0.3, 0.4) is 0 Å². The number of hydrogen-bond acceptors (Lipinski definition) is 1. The zero-order valence-corrected chi connectivity index (χ0v) is 21.5. The Bertz CT molecular complexity index is 1250. The SMILES string of the molecule is CC(C)c1cccc(C(C)C)c1-n1c(-c2ccccc2C(C)(C)C(C)C)nc2ccccc21. The van der Waals surface area contributed by atoms with Gasteiger partial charge < -0.3 is 0 Å². The van der Waals surface area contributed by atoms with Crippen molar-refractivity contribution in [1.82, 2.24) is 9.55 Å². The van der Waals surface area contributed by atoms with Gasteiger partial charge in [0.15, 0.2) is 0 Å². The zero-order chi connectivity index (χ0) is 23.9. The van der Waals surface area contributed by atoms with E-state index in [2.05, 4.69) is 127 Å². The van der Waals surface area contributed by atoms with Gasteiger partial charge in [0.25, 0.3) is 0 Å². The smallest absolute Gasteiger partial charge is 0.146 e. The van der Waals surface area contributed by atoms with Crippen LogP contribution >= 0.6 is 0 Å². The van der Waals surface area contributed by atoms with Crippen molar-refractivity contribution in [2.45, 2.75) is 72.6 Å². The van der Waals surface area contributed by atoms with Gasteiger partial charge in [0.2, 0.25) is 0 Å². The van der Waals surface area contributed by atoms with Crippen molar-refractivity contribution < 1.29 is 0 Å². The van der Waals surface area contributed by atoms with E-state index in [1.54, 1.807) is 0 Å². The van der Waals surface area contributed by atoms with Crippen molar-refractivity contribution in [2.75, 3.05) is 0 Å². The minimum Gasteiger partial charge on any atom is -0.292 e. The van der Waals surface area contributed by atoms with Crippen LogP contribution in [0.15, 0.2) is 66.7 Å². The van der Waals surface area contributed by atoms with E-state index in [1.165, 1.54) is 33.5 Å². The summed E-state index contributed by atoms with van der Waals surface area (Å²) in [7, 11) is 0. The van der Waals surface area contributed by atoms with Crippen molar-refractivity contribution in [3.8, 4) is 17.1 Å². The standard InChI is InChI=1S/C31H38N2/c1-20(2)23-15-13-16-24(21(3)4)29(23)33-28-19-12-11-18-27(28)32-30(33)25-14-9-10-17-26(25)31(7,8)22(5)6/h9-22H,1-8H3. The second kappa shape index (κ2) is 8.82. The average molecular weight is 439 g/mol. The Morgan fingerprint density at radius 1 is 0.697 bits per heavy atom. The third kappa shape index (κ3) is 4.01. The van der Waals surface area contributed by atoms with Crippen LogP contribution in [-0.4, -0.2) is 9.55 Å². The molecule has 0 N–H and O–H groups in total. The molecule has 2 heteroatoms. The number of para-hydroxylation sites is 3. The zero-order valence-electron chi connectivity index (χ0n) is 21.5. The summed E-state index contributed by atoms with van der Waals surface area (Å²) in [6.45, 7) is 18.5. The Morgan fingerprint density at radius 3 is 1.88 bits per heavy atom. The van der Waals surface area contributed by atoms with E-state index in [0.717, 1.165) is 11.3 Å². The molecule has 0 unspecified atom stereocenters. The minimum atomic E-state index is 0.0258. The van der Waals surface area contributed by atoms with Crippen molar-refractivity contribution in [1.29, 1.82) is 0 Å². The predicted molar refractivity (Wildman–Crippen MR) is 143 cm³/mol. The lowest BCUT2D eigenvalue weighted by molar-refractivity contribution is 0.373. The van der Waals surface area contributed by atoms with E-state index in [4.69, 9.17) is 4.98 Å². The summed E-state index contributed by atoms with van der Waals surface area (Å²) in [5, 5.41) is 0. The molecule has 0 fully saturated rings. The molecule has 0 aliphatic carbocycles. The molecular formula is C31H38N2. The van der Waals surface area contributed by atoms with Crippen LogP contribution in [0.25, 0.3) is 28.1 Å². The lowest BCUT2D eigenvalue weighted by atomic mass is 9.73. The Kier molecular flexibility index (Phi) is 6.22. The average Bonchev–Trinajstić information content (AvgIpc) is 3.17. The first-order chi connectivity index (χ1) is 15.6. The predicted octanol–water partition coefficient (Wildman–Crippen LogP) is 8.87. The fourth-order valence-electron chi connectivity index (χ4n) is 4.75. The quantitative estimate of drug-likeness (QED) is 0.294. The maximum atomic E-state index is 5.26. The first kappa shape index (κ1) is 23.3. The van der Waals surface area contributed by atoms with E-state index in [-0.39, 0.29) is 5.41 Å². The molecule has 0 atom stereocenters. The fourth-order valence-corrected chi connectivity index (χ4v) is 4.75.